The van der Waals surface area contributed by atoms with Crippen molar-refractivity contribution in [1.29, 1.82) is 0 Å². The van der Waals surface area contributed by atoms with E-state index in [4.69, 9.17) is 4.74 Å². The van der Waals surface area contributed by atoms with Crippen molar-refractivity contribution in [2.75, 3.05) is 0 Å². The Labute approximate surface area is 167 Å². The number of ketones is 1. The van der Waals surface area contributed by atoms with E-state index in [1.807, 2.05) is 27.7 Å². The van der Waals surface area contributed by atoms with Gasteiger partial charge in [-0.15, -0.1) is 0 Å². The lowest BCUT2D eigenvalue weighted by atomic mass is 9.93. The van der Waals surface area contributed by atoms with Gasteiger partial charge in [0.2, 0.25) is 11.8 Å². The van der Waals surface area contributed by atoms with Crippen LogP contribution >= 0.6 is 0 Å². The van der Waals surface area contributed by atoms with Crippen molar-refractivity contribution < 1.29 is 23.9 Å². The molecular formula is C21H34N2O5. The van der Waals surface area contributed by atoms with Crippen molar-refractivity contribution in [2.45, 2.75) is 79.0 Å². The number of hydrogen-bond donors (Lipinski definition) is 2. The number of esters is 1. The lowest BCUT2D eigenvalue weighted by molar-refractivity contribution is -0.156. The fourth-order valence-corrected chi connectivity index (χ4v) is 3.05. The van der Waals surface area contributed by atoms with Gasteiger partial charge in [-0.1, -0.05) is 53.5 Å². The molecule has 1 rings (SSSR count). The molecule has 28 heavy (non-hydrogen) atoms. The summed E-state index contributed by atoms with van der Waals surface area (Å²) in [6.45, 7) is 10.9. The minimum absolute atomic E-state index is 0.149. The molecule has 1 saturated heterocycles. The summed E-state index contributed by atoms with van der Waals surface area (Å²) in [7, 11) is 0. The van der Waals surface area contributed by atoms with Gasteiger partial charge in [0.1, 0.15) is 24.0 Å². The number of hydrogen-bond acceptors (Lipinski definition) is 5. The maximum Gasteiger partial charge on any atom is 0.329 e. The van der Waals surface area contributed by atoms with Crippen molar-refractivity contribution >= 4 is 23.6 Å². The van der Waals surface area contributed by atoms with E-state index >= 15 is 0 Å². The zero-order valence-corrected chi connectivity index (χ0v) is 17.8. The summed E-state index contributed by atoms with van der Waals surface area (Å²) in [6.07, 6.45) is 3.49. The lowest BCUT2D eigenvalue weighted by Gasteiger charge is -2.31. The van der Waals surface area contributed by atoms with Gasteiger partial charge < -0.3 is 15.4 Å². The average Bonchev–Trinajstić information content (AvgIpc) is 2.66. The van der Waals surface area contributed by atoms with E-state index in [0.717, 1.165) is 0 Å². The van der Waals surface area contributed by atoms with E-state index in [1.165, 1.54) is 0 Å². The molecule has 6 atom stereocenters. The fourth-order valence-electron chi connectivity index (χ4n) is 3.05. The SMILES string of the molecule is C/C=C/[C@@H]1OC(=O)[C@H]([C@@H](C)CC)NC(=O)[C@@H]([C@@H](C)CC)NC(=O)CC(=O)[C@@H]1C. The molecule has 7 nitrogen and oxygen atoms in total. The number of ether oxygens (including phenoxy) is 1. The Kier molecular flexibility index (Phi) is 9.35. The number of Topliss-reactive ketones (excluding diaryl/α,β-unsaturated/α-hetero) is 1. The summed E-state index contributed by atoms with van der Waals surface area (Å²) in [6, 6.07) is -1.67. The second-order valence-corrected chi connectivity index (χ2v) is 7.66. The smallest absolute Gasteiger partial charge is 0.329 e. The predicted molar refractivity (Wildman–Crippen MR) is 106 cm³/mol. The van der Waals surface area contributed by atoms with Gasteiger partial charge in [-0.2, -0.15) is 0 Å². The first-order valence-electron chi connectivity index (χ1n) is 10.1. The second-order valence-electron chi connectivity index (χ2n) is 7.66. The molecule has 0 unspecified atom stereocenters. The van der Waals surface area contributed by atoms with Crippen LogP contribution in [-0.4, -0.2) is 41.8 Å². The molecule has 1 aliphatic rings. The highest BCUT2D eigenvalue weighted by molar-refractivity contribution is 6.01. The van der Waals surface area contributed by atoms with Gasteiger partial charge in [0.15, 0.2) is 0 Å². The quantitative estimate of drug-likeness (QED) is 0.423. The number of carbonyl (C=O) groups is 4. The number of cyclic esters (lactones) is 1. The van der Waals surface area contributed by atoms with Crippen LogP contribution in [0.25, 0.3) is 0 Å². The predicted octanol–water partition coefficient (Wildman–Crippen LogP) is 2.14. The van der Waals surface area contributed by atoms with E-state index in [0.29, 0.717) is 12.8 Å². The molecule has 158 valence electrons. The highest BCUT2D eigenvalue weighted by Gasteiger charge is 2.36. The van der Waals surface area contributed by atoms with Crippen molar-refractivity contribution in [3.8, 4) is 0 Å². The third-order valence-electron chi connectivity index (χ3n) is 5.55. The van der Waals surface area contributed by atoms with Crippen molar-refractivity contribution in [3.05, 3.63) is 12.2 Å². The first kappa shape index (κ1) is 23.9. The number of amides is 2. The zero-order valence-electron chi connectivity index (χ0n) is 17.8. The third kappa shape index (κ3) is 6.17. The number of carbonyl (C=O) groups excluding carboxylic acids is 4. The molecular weight excluding hydrogens is 360 g/mol. The standard InChI is InChI=1S/C21H34N2O5/c1-7-10-16-14(6)15(24)11-17(25)22-18(12(4)8-2)20(26)23-19(13(5)9-3)21(27)28-16/h7,10,12-14,16,18-19H,8-9,11H2,1-6H3,(H,22,25)(H,23,26)/b10-7+/t12-,13-,14-,16-,18+,19-/m0/s1. The first-order valence-corrected chi connectivity index (χ1v) is 10.1. The molecule has 0 aromatic carbocycles. The molecule has 2 N–H and O–H groups in total. The molecule has 0 aromatic rings. The van der Waals surface area contributed by atoms with Crippen molar-refractivity contribution in [2.24, 2.45) is 17.8 Å². The maximum atomic E-state index is 12.9. The molecule has 0 aromatic heterocycles. The zero-order chi connectivity index (χ0) is 21.4. The molecule has 0 radical (unpaired) electrons. The van der Waals surface area contributed by atoms with Gasteiger partial charge in [-0.05, 0) is 24.8 Å². The molecule has 2 amide bonds. The first-order chi connectivity index (χ1) is 13.2. The average molecular weight is 395 g/mol. The number of nitrogens with one attached hydrogen (secondary N) is 2. The van der Waals surface area contributed by atoms with Crippen LogP contribution in [0.5, 0.6) is 0 Å². The van der Waals surface area contributed by atoms with Crippen molar-refractivity contribution in [1.82, 2.24) is 10.6 Å². The summed E-state index contributed by atoms with van der Waals surface area (Å²) in [5.41, 5.74) is 0. The minimum Gasteiger partial charge on any atom is -0.456 e. The molecule has 7 heteroatoms. The second kappa shape index (κ2) is 11.0. The molecule has 1 fully saturated rings. The fraction of sp³-hybridized carbons (Fsp3) is 0.714. The molecule has 0 aliphatic carbocycles. The van der Waals surface area contributed by atoms with Gasteiger partial charge in [-0.25, -0.2) is 4.79 Å². The van der Waals surface area contributed by atoms with Gasteiger partial charge in [0, 0.05) is 0 Å². The Hall–Kier alpha value is -2.18. The summed E-state index contributed by atoms with van der Waals surface area (Å²) >= 11 is 0. The maximum absolute atomic E-state index is 12.9. The number of rotatable bonds is 5. The highest BCUT2D eigenvalue weighted by Crippen LogP contribution is 2.19. The van der Waals surface area contributed by atoms with Crippen LogP contribution in [0.3, 0.4) is 0 Å². The van der Waals surface area contributed by atoms with Crippen LogP contribution in [-0.2, 0) is 23.9 Å². The van der Waals surface area contributed by atoms with Crippen LogP contribution in [0.15, 0.2) is 12.2 Å². The van der Waals surface area contributed by atoms with E-state index in [-0.39, 0.29) is 24.0 Å². The largest absolute Gasteiger partial charge is 0.456 e. The third-order valence-corrected chi connectivity index (χ3v) is 5.55. The Balaban J connectivity index is 3.32. The molecule has 1 aliphatic heterocycles. The Morgan fingerprint density at radius 3 is 2.14 bits per heavy atom. The van der Waals surface area contributed by atoms with Gasteiger partial charge in [-0.3, -0.25) is 14.4 Å². The van der Waals surface area contributed by atoms with Crippen LogP contribution in [0.2, 0.25) is 0 Å². The molecule has 0 saturated carbocycles. The van der Waals surface area contributed by atoms with E-state index in [9.17, 15) is 19.2 Å². The van der Waals surface area contributed by atoms with Crippen LogP contribution in [0.1, 0.15) is 60.8 Å². The molecule has 0 spiro atoms. The lowest BCUT2D eigenvalue weighted by Crippen LogP contribution is -2.57. The van der Waals surface area contributed by atoms with Gasteiger partial charge in [0.05, 0.1) is 12.3 Å². The van der Waals surface area contributed by atoms with Gasteiger partial charge in [0.25, 0.3) is 0 Å². The highest BCUT2D eigenvalue weighted by atomic mass is 16.5. The minimum atomic E-state index is -0.851. The summed E-state index contributed by atoms with van der Waals surface area (Å²) in [4.78, 5) is 50.7. The Morgan fingerprint density at radius 2 is 1.61 bits per heavy atom. The normalized spacial score (nSPS) is 29.9. The molecule has 1 heterocycles. The summed E-state index contributed by atoms with van der Waals surface area (Å²) in [5.74, 6) is -2.82. The van der Waals surface area contributed by atoms with Gasteiger partial charge >= 0.3 is 5.97 Å². The van der Waals surface area contributed by atoms with E-state index < -0.39 is 41.9 Å². The monoisotopic (exact) mass is 394 g/mol. The van der Waals surface area contributed by atoms with E-state index in [2.05, 4.69) is 10.6 Å². The Morgan fingerprint density at radius 1 is 1.04 bits per heavy atom. The topological polar surface area (TPSA) is 102 Å². The number of allylic oxidation sites excluding steroid dienone is 1. The van der Waals surface area contributed by atoms with Crippen LogP contribution in [0.4, 0.5) is 0 Å². The van der Waals surface area contributed by atoms with Crippen molar-refractivity contribution in [3.63, 3.8) is 0 Å². The summed E-state index contributed by atoms with van der Waals surface area (Å²) < 4.78 is 5.59. The Bertz CT molecular complexity index is 616. The van der Waals surface area contributed by atoms with E-state index in [1.54, 1.807) is 26.0 Å². The molecule has 0 bridgehead atoms. The van der Waals surface area contributed by atoms with Crippen LogP contribution in [0, 0.1) is 17.8 Å². The summed E-state index contributed by atoms with van der Waals surface area (Å²) in [5, 5.41) is 5.46. The van der Waals surface area contributed by atoms with Crippen LogP contribution < -0.4 is 10.6 Å².